The highest BCUT2D eigenvalue weighted by molar-refractivity contribution is 5.76. The van der Waals surface area contributed by atoms with Crippen LogP contribution in [-0.2, 0) is 17.8 Å². The number of amides is 1. The SMILES string of the molecule is CN(Cc1nccc(N)n1)[C@@H]1CCN(C(=O)CCc2cc(F)ccc2F)C1. The molecule has 1 amide bonds. The third-order valence-electron chi connectivity index (χ3n) is 4.87. The van der Waals surface area contributed by atoms with Crippen molar-refractivity contribution in [1.29, 1.82) is 0 Å². The van der Waals surface area contributed by atoms with Crippen molar-refractivity contribution in [2.24, 2.45) is 0 Å². The minimum absolute atomic E-state index is 0.0465. The molecule has 1 aromatic heterocycles. The van der Waals surface area contributed by atoms with Crippen LogP contribution in [0.25, 0.3) is 0 Å². The summed E-state index contributed by atoms with van der Waals surface area (Å²) in [4.78, 5) is 24.7. The zero-order chi connectivity index (χ0) is 19.4. The van der Waals surface area contributed by atoms with Gasteiger partial charge in [-0.25, -0.2) is 18.7 Å². The van der Waals surface area contributed by atoms with Crippen LogP contribution in [0.15, 0.2) is 30.5 Å². The lowest BCUT2D eigenvalue weighted by Gasteiger charge is -2.24. The molecule has 6 nitrogen and oxygen atoms in total. The Hall–Kier alpha value is -2.61. The summed E-state index contributed by atoms with van der Waals surface area (Å²) < 4.78 is 26.9. The smallest absolute Gasteiger partial charge is 0.222 e. The topological polar surface area (TPSA) is 75.4 Å². The second-order valence-corrected chi connectivity index (χ2v) is 6.83. The van der Waals surface area contributed by atoms with Crippen molar-refractivity contribution < 1.29 is 13.6 Å². The highest BCUT2D eigenvalue weighted by Crippen LogP contribution is 2.18. The molecular formula is C19H23F2N5O. The van der Waals surface area contributed by atoms with E-state index in [2.05, 4.69) is 14.9 Å². The van der Waals surface area contributed by atoms with E-state index in [4.69, 9.17) is 5.73 Å². The molecule has 144 valence electrons. The molecular weight excluding hydrogens is 352 g/mol. The van der Waals surface area contributed by atoms with Gasteiger partial charge in [0.2, 0.25) is 5.91 Å². The Morgan fingerprint density at radius 1 is 1.37 bits per heavy atom. The molecule has 2 N–H and O–H groups in total. The van der Waals surface area contributed by atoms with Gasteiger partial charge in [-0.15, -0.1) is 0 Å². The molecule has 1 fully saturated rings. The summed E-state index contributed by atoms with van der Waals surface area (Å²) in [5.74, 6) is 0.0515. The van der Waals surface area contributed by atoms with Gasteiger partial charge >= 0.3 is 0 Å². The number of nitrogens with two attached hydrogens (primary N) is 1. The van der Waals surface area contributed by atoms with Gasteiger partial charge in [0.25, 0.3) is 0 Å². The third kappa shape index (κ3) is 4.97. The largest absolute Gasteiger partial charge is 0.384 e. The van der Waals surface area contributed by atoms with Crippen LogP contribution in [0.5, 0.6) is 0 Å². The van der Waals surface area contributed by atoms with Crippen LogP contribution in [0, 0.1) is 11.6 Å². The van der Waals surface area contributed by atoms with E-state index in [1.54, 1.807) is 17.2 Å². The third-order valence-corrected chi connectivity index (χ3v) is 4.87. The predicted octanol–water partition coefficient (Wildman–Crippen LogP) is 2.00. The zero-order valence-electron chi connectivity index (χ0n) is 15.2. The Kier molecular flexibility index (Phi) is 5.95. The number of nitrogen functional groups attached to an aromatic ring is 1. The van der Waals surface area contributed by atoms with Crippen molar-refractivity contribution in [2.45, 2.75) is 31.8 Å². The van der Waals surface area contributed by atoms with E-state index < -0.39 is 11.6 Å². The Morgan fingerprint density at radius 2 is 2.19 bits per heavy atom. The molecule has 0 unspecified atom stereocenters. The van der Waals surface area contributed by atoms with E-state index in [0.717, 1.165) is 24.6 Å². The van der Waals surface area contributed by atoms with Crippen molar-refractivity contribution in [1.82, 2.24) is 19.8 Å². The Labute approximate surface area is 157 Å². The molecule has 1 atom stereocenters. The fourth-order valence-electron chi connectivity index (χ4n) is 3.31. The second kappa shape index (κ2) is 8.39. The molecule has 1 saturated heterocycles. The van der Waals surface area contributed by atoms with Gasteiger partial charge in [0.15, 0.2) is 0 Å². The number of rotatable bonds is 6. The molecule has 3 rings (SSSR count). The first-order chi connectivity index (χ1) is 12.9. The van der Waals surface area contributed by atoms with Crippen LogP contribution in [0.4, 0.5) is 14.6 Å². The molecule has 0 saturated carbocycles. The molecule has 1 aliphatic rings. The van der Waals surface area contributed by atoms with Crippen LogP contribution in [-0.4, -0.2) is 51.9 Å². The molecule has 8 heteroatoms. The maximum atomic E-state index is 13.7. The highest BCUT2D eigenvalue weighted by Gasteiger charge is 2.29. The average Bonchev–Trinajstić information content (AvgIpc) is 3.12. The summed E-state index contributed by atoms with van der Waals surface area (Å²) in [5, 5.41) is 0. The van der Waals surface area contributed by atoms with Crippen LogP contribution >= 0.6 is 0 Å². The maximum absolute atomic E-state index is 13.7. The van der Waals surface area contributed by atoms with Gasteiger partial charge in [0, 0.05) is 31.7 Å². The van der Waals surface area contributed by atoms with E-state index in [9.17, 15) is 13.6 Å². The number of nitrogens with zero attached hydrogens (tertiary/aromatic N) is 4. The Balaban J connectivity index is 1.51. The molecule has 27 heavy (non-hydrogen) atoms. The quantitative estimate of drug-likeness (QED) is 0.836. The van der Waals surface area contributed by atoms with Gasteiger partial charge in [0.1, 0.15) is 23.3 Å². The molecule has 1 aromatic carbocycles. The van der Waals surface area contributed by atoms with Gasteiger partial charge in [-0.1, -0.05) is 0 Å². The van der Waals surface area contributed by atoms with Gasteiger partial charge in [-0.05, 0) is 49.7 Å². The number of aromatic nitrogens is 2. The molecule has 0 bridgehead atoms. The van der Waals surface area contributed by atoms with E-state index >= 15 is 0 Å². The predicted molar refractivity (Wildman–Crippen MR) is 97.6 cm³/mol. The lowest BCUT2D eigenvalue weighted by atomic mass is 10.1. The van der Waals surface area contributed by atoms with Crippen LogP contribution in [0.3, 0.4) is 0 Å². The monoisotopic (exact) mass is 375 g/mol. The number of halogens is 2. The summed E-state index contributed by atoms with van der Waals surface area (Å²) in [7, 11) is 1.97. The lowest BCUT2D eigenvalue weighted by molar-refractivity contribution is -0.130. The van der Waals surface area contributed by atoms with Gasteiger partial charge in [0.05, 0.1) is 6.54 Å². The fourth-order valence-corrected chi connectivity index (χ4v) is 3.31. The minimum Gasteiger partial charge on any atom is -0.384 e. The average molecular weight is 375 g/mol. The molecule has 0 aliphatic carbocycles. The van der Waals surface area contributed by atoms with Crippen molar-refractivity contribution >= 4 is 11.7 Å². The number of hydrogen-bond donors (Lipinski definition) is 1. The van der Waals surface area contributed by atoms with Crippen molar-refractivity contribution in [3.63, 3.8) is 0 Å². The molecule has 0 radical (unpaired) electrons. The number of anilines is 1. The number of likely N-dealkylation sites (N-methyl/N-ethyl adjacent to an activating group) is 1. The van der Waals surface area contributed by atoms with E-state index in [1.165, 1.54) is 0 Å². The summed E-state index contributed by atoms with van der Waals surface area (Å²) in [6.07, 6.45) is 2.83. The second-order valence-electron chi connectivity index (χ2n) is 6.83. The van der Waals surface area contributed by atoms with E-state index in [0.29, 0.717) is 31.3 Å². The first-order valence-electron chi connectivity index (χ1n) is 8.91. The van der Waals surface area contributed by atoms with Gasteiger partial charge in [-0.3, -0.25) is 9.69 Å². The van der Waals surface area contributed by atoms with Crippen molar-refractivity contribution in [3.05, 3.63) is 53.5 Å². The molecule has 0 spiro atoms. The van der Waals surface area contributed by atoms with E-state index in [1.807, 2.05) is 7.05 Å². The first kappa shape index (κ1) is 19.2. The molecule has 2 aromatic rings. The normalized spacial score (nSPS) is 16.9. The van der Waals surface area contributed by atoms with E-state index in [-0.39, 0.29) is 30.4 Å². The lowest BCUT2D eigenvalue weighted by Crippen LogP contribution is -2.36. The Bertz CT molecular complexity index is 816. The number of benzene rings is 1. The number of carbonyl (C=O) groups is 1. The summed E-state index contributed by atoms with van der Waals surface area (Å²) in [6.45, 7) is 1.80. The van der Waals surface area contributed by atoms with Crippen molar-refractivity contribution in [2.75, 3.05) is 25.9 Å². The Morgan fingerprint density at radius 3 is 2.96 bits per heavy atom. The number of carbonyl (C=O) groups excluding carboxylic acids is 1. The summed E-state index contributed by atoms with van der Waals surface area (Å²) >= 11 is 0. The summed E-state index contributed by atoms with van der Waals surface area (Å²) in [5.41, 5.74) is 5.91. The number of aryl methyl sites for hydroxylation is 1. The first-order valence-corrected chi connectivity index (χ1v) is 8.91. The van der Waals surface area contributed by atoms with Gasteiger partial charge in [-0.2, -0.15) is 0 Å². The van der Waals surface area contributed by atoms with Crippen molar-refractivity contribution in [3.8, 4) is 0 Å². The summed E-state index contributed by atoms with van der Waals surface area (Å²) in [6, 6.07) is 5.15. The maximum Gasteiger partial charge on any atom is 0.222 e. The van der Waals surface area contributed by atoms with Crippen LogP contribution in [0.2, 0.25) is 0 Å². The molecule has 2 heterocycles. The number of likely N-dealkylation sites (tertiary alicyclic amines) is 1. The highest BCUT2D eigenvalue weighted by atomic mass is 19.1. The van der Waals surface area contributed by atoms with Gasteiger partial charge < -0.3 is 10.6 Å². The minimum atomic E-state index is -0.495. The molecule has 1 aliphatic heterocycles. The standard InChI is InChI=1S/C19H23F2N5O/c1-25(12-18-23-8-6-17(22)24-18)15-7-9-26(11-15)19(27)5-2-13-10-14(20)3-4-16(13)21/h3-4,6,8,10,15H,2,5,7,9,11-12H2,1H3,(H2,22,23,24)/t15-/m1/s1. The fraction of sp³-hybridized carbons (Fsp3) is 0.421. The van der Waals surface area contributed by atoms with Crippen LogP contribution in [0.1, 0.15) is 24.2 Å². The van der Waals surface area contributed by atoms with Crippen LogP contribution < -0.4 is 5.73 Å². The zero-order valence-corrected chi connectivity index (χ0v) is 15.2. The number of hydrogen-bond acceptors (Lipinski definition) is 5.